The van der Waals surface area contributed by atoms with Gasteiger partial charge in [0.15, 0.2) is 0 Å². The van der Waals surface area contributed by atoms with Crippen molar-refractivity contribution in [1.29, 1.82) is 0 Å². The number of nitrogens with zero attached hydrogens (tertiary/aromatic N) is 2. The number of alkyl halides is 2. The highest BCUT2D eigenvalue weighted by atomic mass is 19.3. The van der Waals surface area contributed by atoms with Crippen molar-refractivity contribution in [2.24, 2.45) is 5.92 Å². The molecule has 1 aromatic heterocycles. The van der Waals surface area contributed by atoms with E-state index in [2.05, 4.69) is 5.10 Å². The van der Waals surface area contributed by atoms with Gasteiger partial charge in [0.25, 0.3) is 6.43 Å². The molecule has 0 bridgehead atoms. The number of hydrogen-bond donors (Lipinski definition) is 1. The van der Waals surface area contributed by atoms with Crippen LogP contribution in [0, 0.1) is 5.92 Å². The number of carboxylic acids is 1. The van der Waals surface area contributed by atoms with Crippen LogP contribution in [-0.4, -0.2) is 39.2 Å². The zero-order chi connectivity index (χ0) is 20.2. The molecule has 2 heterocycles. The molecule has 1 aromatic rings. The molecule has 1 saturated heterocycles. The Kier molecular flexibility index (Phi) is 4.59. The monoisotopic (exact) mass is 380 g/mol. The third kappa shape index (κ3) is 3.34. The minimum Gasteiger partial charge on any atom is -0.481 e. The standard InChI is InChI=1S/C18H23BF2N2O4/c1-16(2)17(3,4)27-19(26-16)12-10-23(22-13(12)14(20)21)18(5)8-6-11(7-9-18)15(24)25/h6-11,14H,1-5H3,(H,24,25). The molecule has 1 fully saturated rings. The summed E-state index contributed by atoms with van der Waals surface area (Å²) in [5.74, 6) is -1.72. The first-order valence-electron chi connectivity index (χ1n) is 8.71. The van der Waals surface area contributed by atoms with Crippen molar-refractivity contribution in [3.05, 3.63) is 36.2 Å². The van der Waals surface area contributed by atoms with Gasteiger partial charge in [0.2, 0.25) is 0 Å². The summed E-state index contributed by atoms with van der Waals surface area (Å²) in [6, 6.07) is 0. The normalized spacial score (nSPS) is 28.9. The van der Waals surface area contributed by atoms with E-state index in [1.807, 2.05) is 27.7 Å². The zero-order valence-corrected chi connectivity index (χ0v) is 15.9. The quantitative estimate of drug-likeness (QED) is 0.642. The highest BCUT2D eigenvalue weighted by Crippen LogP contribution is 2.37. The molecule has 0 saturated carbocycles. The second kappa shape index (κ2) is 6.27. The molecule has 0 aromatic carbocycles. The molecule has 6 nitrogen and oxygen atoms in total. The number of halogens is 2. The van der Waals surface area contributed by atoms with Crippen molar-refractivity contribution in [3.63, 3.8) is 0 Å². The fraction of sp³-hybridized carbons (Fsp3) is 0.556. The van der Waals surface area contributed by atoms with Crippen LogP contribution in [-0.2, 0) is 19.6 Å². The second-order valence-electron chi connectivity index (χ2n) is 8.11. The van der Waals surface area contributed by atoms with Crippen molar-refractivity contribution in [3.8, 4) is 0 Å². The van der Waals surface area contributed by atoms with E-state index >= 15 is 0 Å². The van der Waals surface area contributed by atoms with E-state index in [1.165, 1.54) is 23.0 Å². The predicted octanol–water partition coefficient (Wildman–Crippen LogP) is 2.66. The average molecular weight is 380 g/mol. The number of aromatic nitrogens is 2. The van der Waals surface area contributed by atoms with Crippen LogP contribution in [0.5, 0.6) is 0 Å². The summed E-state index contributed by atoms with van der Waals surface area (Å²) in [7, 11) is -0.959. The Balaban J connectivity index is 1.97. The summed E-state index contributed by atoms with van der Waals surface area (Å²) in [5, 5.41) is 13.2. The summed E-state index contributed by atoms with van der Waals surface area (Å²) in [4.78, 5) is 11.1. The van der Waals surface area contributed by atoms with Gasteiger partial charge in [0.05, 0.1) is 22.7 Å². The number of allylic oxidation sites excluding steroid dienone is 2. The van der Waals surface area contributed by atoms with Gasteiger partial charge in [-0.3, -0.25) is 9.48 Å². The van der Waals surface area contributed by atoms with Gasteiger partial charge in [-0.1, -0.05) is 24.3 Å². The summed E-state index contributed by atoms with van der Waals surface area (Å²) < 4.78 is 40.5. The maximum atomic E-state index is 13.6. The molecular formula is C18H23BF2N2O4. The largest absolute Gasteiger partial charge is 0.498 e. The van der Waals surface area contributed by atoms with Crippen molar-refractivity contribution < 1.29 is 28.0 Å². The minimum atomic E-state index is -2.80. The first-order chi connectivity index (χ1) is 12.4. The van der Waals surface area contributed by atoms with Gasteiger partial charge in [-0.05, 0) is 34.6 Å². The van der Waals surface area contributed by atoms with Crippen molar-refractivity contribution >= 4 is 18.6 Å². The maximum absolute atomic E-state index is 13.6. The lowest BCUT2D eigenvalue weighted by molar-refractivity contribution is -0.138. The van der Waals surface area contributed by atoms with Crippen LogP contribution in [0.4, 0.5) is 8.78 Å². The molecular weight excluding hydrogens is 357 g/mol. The van der Waals surface area contributed by atoms with E-state index in [0.717, 1.165) is 0 Å². The Morgan fingerprint density at radius 3 is 2.15 bits per heavy atom. The lowest BCUT2D eigenvalue weighted by Crippen LogP contribution is -2.41. The van der Waals surface area contributed by atoms with Gasteiger partial charge in [-0.15, -0.1) is 0 Å². The van der Waals surface area contributed by atoms with Gasteiger partial charge in [-0.25, -0.2) is 8.78 Å². The molecule has 146 valence electrons. The van der Waals surface area contributed by atoms with E-state index in [9.17, 15) is 13.6 Å². The topological polar surface area (TPSA) is 73.6 Å². The van der Waals surface area contributed by atoms with Crippen molar-refractivity contribution in [1.82, 2.24) is 9.78 Å². The Bertz CT molecular complexity index is 786. The number of carbonyl (C=O) groups is 1. The first-order valence-corrected chi connectivity index (χ1v) is 8.71. The fourth-order valence-electron chi connectivity index (χ4n) is 3.00. The molecule has 0 unspecified atom stereocenters. The van der Waals surface area contributed by atoms with Crippen LogP contribution in [0.15, 0.2) is 30.5 Å². The summed E-state index contributed by atoms with van der Waals surface area (Å²) >= 11 is 0. The van der Waals surface area contributed by atoms with E-state index in [-0.39, 0.29) is 5.46 Å². The van der Waals surface area contributed by atoms with Crippen LogP contribution in [0.1, 0.15) is 46.7 Å². The Morgan fingerprint density at radius 2 is 1.70 bits per heavy atom. The lowest BCUT2D eigenvalue weighted by Gasteiger charge is -2.32. The molecule has 3 rings (SSSR count). The Labute approximate surface area is 157 Å². The summed E-state index contributed by atoms with van der Waals surface area (Å²) in [5.41, 5.74) is -2.42. The van der Waals surface area contributed by atoms with E-state index in [1.54, 1.807) is 19.1 Å². The van der Waals surface area contributed by atoms with Gasteiger partial charge in [-0.2, -0.15) is 5.10 Å². The summed E-state index contributed by atoms with van der Waals surface area (Å²) in [6.45, 7) is 9.14. The number of aliphatic carboxylic acids is 1. The average Bonchev–Trinajstić information content (AvgIpc) is 3.08. The van der Waals surface area contributed by atoms with Gasteiger partial charge >= 0.3 is 13.1 Å². The molecule has 0 spiro atoms. The van der Waals surface area contributed by atoms with Crippen LogP contribution >= 0.6 is 0 Å². The third-order valence-electron chi connectivity index (χ3n) is 5.55. The Morgan fingerprint density at radius 1 is 1.19 bits per heavy atom. The van der Waals surface area contributed by atoms with Crippen LogP contribution in [0.3, 0.4) is 0 Å². The first kappa shape index (κ1) is 19.8. The SMILES string of the molecule is CC1(n2cc(B3OC(C)(C)C(C)(C)O3)c(C(F)F)n2)C=CC(C(=O)O)C=C1. The molecule has 9 heteroatoms. The van der Waals surface area contributed by atoms with Gasteiger partial charge in [0.1, 0.15) is 5.69 Å². The number of rotatable bonds is 4. The lowest BCUT2D eigenvalue weighted by atomic mass is 9.79. The van der Waals surface area contributed by atoms with Gasteiger partial charge < -0.3 is 14.4 Å². The minimum absolute atomic E-state index is 0.173. The molecule has 1 N–H and O–H groups in total. The molecule has 0 radical (unpaired) electrons. The van der Waals surface area contributed by atoms with Gasteiger partial charge in [0, 0.05) is 11.7 Å². The fourth-order valence-corrected chi connectivity index (χ4v) is 3.00. The van der Waals surface area contributed by atoms with E-state index in [0.29, 0.717) is 0 Å². The molecule has 0 amide bonds. The highest BCUT2D eigenvalue weighted by Gasteiger charge is 2.53. The predicted molar refractivity (Wildman–Crippen MR) is 96.0 cm³/mol. The zero-order valence-electron chi connectivity index (χ0n) is 15.9. The smallest absolute Gasteiger partial charge is 0.481 e. The van der Waals surface area contributed by atoms with E-state index in [4.69, 9.17) is 14.4 Å². The van der Waals surface area contributed by atoms with Crippen molar-refractivity contribution in [2.45, 2.75) is 57.8 Å². The highest BCUT2D eigenvalue weighted by molar-refractivity contribution is 6.62. The van der Waals surface area contributed by atoms with Crippen LogP contribution in [0.2, 0.25) is 0 Å². The maximum Gasteiger partial charge on any atom is 0.498 e. The van der Waals surface area contributed by atoms with Crippen LogP contribution < -0.4 is 5.46 Å². The molecule has 27 heavy (non-hydrogen) atoms. The summed E-state index contributed by atoms with van der Waals surface area (Å²) in [6.07, 6.45) is 5.00. The van der Waals surface area contributed by atoms with E-state index < -0.39 is 47.9 Å². The van der Waals surface area contributed by atoms with Crippen LogP contribution in [0.25, 0.3) is 0 Å². The molecule has 0 atom stereocenters. The second-order valence-corrected chi connectivity index (χ2v) is 8.11. The molecule has 2 aliphatic rings. The number of hydrogen-bond acceptors (Lipinski definition) is 4. The van der Waals surface area contributed by atoms with Crippen molar-refractivity contribution in [2.75, 3.05) is 0 Å². The molecule has 1 aliphatic heterocycles. The Hall–Kier alpha value is -2.00. The number of carboxylic acid groups (broad SMARTS) is 1. The third-order valence-corrected chi connectivity index (χ3v) is 5.55. The molecule has 1 aliphatic carbocycles.